The summed E-state index contributed by atoms with van der Waals surface area (Å²) in [7, 11) is 0. The van der Waals surface area contributed by atoms with Gasteiger partial charge in [-0.2, -0.15) is 13.2 Å². The van der Waals surface area contributed by atoms with E-state index in [1.54, 1.807) is 0 Å². The molecule has 0 amide bonds. The number of Topliss-reactive ketones (excluding diaryl/α,β-unsaturated/α-hetero) is 1. The summed E-state index contributed by atoms with van der Waals surface area (Å²) in [5.41, 5.74) is -0.982. The highest BCUT2D eigenvalue weighted by atomic mass is 19.4. The molecule has 0 saturated carbocycles. The van der Waals surface area contributed by atoms with Gasteiger partial charge in [-0.1, -0.05) is 32.4 Å². The minimum absolute atomic E-state index is 0.105. The van der Waals surface area contributed by atoms with Crippen LogP contribution >= 0.6 is 0 Å². The van der Waals surface area contributed by atoms with Crippen molar-refractivity contribution < 1.29 is 18.0 Å². The van der Waals surface area contributed by atoms with Crippen molar-refractivity contribution in [2.24, 2.45) is 5.41 Å². The van der Waals surface area contributed by atoms with Gasteiger partial charge in [0.05, 0.1) is 5.56 Å². The first-order valence-electron chi connectivity index (χ1n) is 7.64. The van der Waals surface area contributed by atoms with Gasteiger partial charge in [0.25, 0.3) is 0 Å². The Morgan fingerprint density at radius 2 is 1.59 bits per heavy atom. The third-order valence-corrected chi connectivity index (χ3v) is 4.16. The second kappa shape index (κ2) is 6.41. The predicted molar refractivity (Wildman–Crippen MR) is 79.8 cm³/mol. The summed E-state index contributed by atoms with van der Waals surface area (Å²) in [5.74, 6) is -0.105. The lowest BCUT2D eigenvalue weighted by Gasteiger charge is -2.34. The molecule has 122 valence electrons. The maximum Gasteiger partial charge on any atom is 0.416 e. The van der Waals surface area contributed by atoms with Gasteiger partial charge in [-0.15, -0.1) is 0 Å². The fraction of sp³-hybridized carbons (Fsp3) is 0.588. The van der Waals surface area contributed by atoms with E-state index in [4.69, 9.17) is 0 Å². The number of ketones is 1. The van der Waals surface area contributed by atoms with E-state index < -0.39 is 17.2 Å². The van der Waals surface area contributed by atoms with Crippen LogP contribution in [0.25, 0.3) is 0 Å². The third-order valence-electron chi connectivity index (χ3n) is 4.16. The Morgan fingerprint density at radius 1 is 1.05 bits per heavy atom. The number of benzene rings is 1. The van der Waals surface area contributed by atoms with Crippen molar-refractivity contribution in [3.8, 4) is 0 Å². The van der Waals surface area contributed by atoms with Crippen molar-refractivity contribution in [1.82, 2.24) is 4.90 Å². The number of carbonyl (C=O) groups excluding carboxylic acids is 1. The fourth-order valence-corrected chi connectivity index (χ4v) is 2.95. The Kier molecular flexibility index (Phi) is 4.95. The Morgan fingerprint density at radius 3 is 2.09 bits per heavy atom. The minimum Gasteiger partial charge on any atom is -0.302 e. The number of alkyl halides is 3. The normalized spacial score (nSPS) is 17.5. The first-order valence-corrected chi connectivity index (χ1v) is 7.64. The molecule has 0 spiro atoms. The molecule has 22 heavy (non-hydrogen) atoms. The Balaban J connectivity index is 2.08. The standard InChI is InChI=1S/C17H22F3NO/c1-16(2,12-21-10-4-3-5-11-21)15(22)13-6-8-14(9-7-13)17(18,19)20/h6-9H,3-5,10-12H2,1-2H3. The van der Waals surface area contributed by atoms with Gasteiger partial charge in [0.15, 0.2) is 5.78 Å². The van der Waals surface area contributed by atoms with Crippen molar-refractivity contribution >= 4 is 5.78 Å². The van der Waals surface area contributed by atoms with Crippen LogP contribution in [0, 0.1) is 5.41 Å². The molecule has 2 nitrogen and oxygen atoms in total. The molecule has 0 bridgehead atoms. The molecule has 2 rings (SSSR count). The molecule has 1 heterocycles. The van der Waals surface area contributed by atoms with E-state index in [0.717, 1.165) is 38.1 Å². The van der Waals surface area contributed by atoms with Gasteiger partial charge in [0.2, 0.25) is 0 Å². The zero-order valence-corrected chi connectivity index (χ0v) is 13.0. The molecule has 1 aliphatic heterocycles. The zero-order chi connectivity index (χ0) is 16.4. The Bertz CT molecular complexity index is 514. The van der Waals surface area contributed by atoms with Crippen LogP contribution in [0.5, 0.6) is 0 Å². The summed E-state index contributed by atoms with van der Waals surface area (Å²) in [6, 6.07) is 4.51. The van der Waals surface area contributed by atoms with Gasteiger partial charge in [0, 0.05) is 17.5 Å². The summed E-state index contributed by atoms with van der Waals surface area (Å²) in [4.78, 5) is 14.9. The quantitative estimate of drug-likeness (QED) is 0.768. The van der Waals surface area contributed by atoms with Crippen LogP contribution in [0.4, 0.5) is 13.2 Å². The highest BCUT2D eigenvalue weighted by Gasteiger charge is 2.33. The van der Waals surface area contributed by atoms with E-state index in [1.807, 2.05) is 13.8 Å². The molecule has 0 unspecified atom stereocenters. The second-order valence-corrected chi connectivity index (χ2v) is 6.62. The maximum absolute atomic E-state index is 12.6. The van der Waals surface area contributed by atoms with E-state index in [0.29, 0.717) is 12.1 Å². The van der Waals surface area contributed by atoms with E-state index in [1.165, 1.54) is 18.6 Å². The zero-order valence-electron chi connectivity index (χ0n) is 13.0. The van der Waals surface area contributed by atoms with Crippen molar-refractivity contribution in [2.45, 2.75) is 39.3 Å². The van der Waals surface area contributed by atoms with Gasteiger partial charge in [-0.25, -0.2) is 0 Å². The van der Waals surface area contributed by atoms with Crippen LogP contribution in [-0.4, -0.2) is 30.3 Å². The largest absolute Gasteiger partial charge is 0.416 e. The van der Waals surface area contributed by atoms with Gasteiger partial charge < -0.3 is 4.90 Å². The average molecular weight is 313 g/mol. The molecule has 1 fully saturated rings. The van der Waals surface area contributed by atoms with Crippen LogP contribution < -0.4 is 0 Å². The van der Waals surface area contributed by atoms with Gasteiger partial charge >= 0.3 is 6.18 Å². The molecule has 0 N–H and O–H groups in total. The summed E-state index contributed by atoms with van der Waals surface area (Å²) in [5, 5.41) is 0. The molecule has 0 aromatic heterocycles. The predicted octanol–water partition coefficient (Wildman–Crippen LogP) is 4.40. The number of hydrogen-bond acceptors (Lipinski definition) is 2. The summed E-state index contributed by atoms with van der Waals surface area (Å²) >= 11 is 0. The molecule has 1 aliphatic rings. The molecule has 0 radical (unpaired) electrons. The average Bonchev–Trinajstić information content (AvgIpc) is 2.46. The fourth-order valence-electron chi connectivity index (χ4n) is 2.95. The van der Waals surface area contributed by atoms with Crippen LogP contribution in [0.2, 0.25) is 0 Å². The SMILES string of the molecule is CC(C)(CN1CCCCC1)C(=O)c1ccc(C(F)(F)F)cc1. The monoisotopic (exact) mass is 313 g/mol. The molecule has 1 aromatic rings. The smallest absolute Gasteiger partial charge is 0.302 e. The number of nitrogens with zero attached hydrogens (tertiary/aromatic N) is 1. The lowest BCUT2D eigenvalue weighted by molar-refractivity contribution is -0.137. The summed E-state index contributed by atoms with van der Waals surface area (Å²) in [6.45, 7) is 6.35. The first-order chi connectivity index (χ1) is 10.2. The van der Waals surface area contributed by atoms with E-state index in [-0.39, 0.29) is 5.78 Å². The number of piperidine rings is 1. The molecular weight excluding hydrogens is 291 g/mol. The number of hydrogen-bond donors (Lipinski definition) is 0. The van der Waals surface area contributed by atoms with Crippen LogP contribution in [0.15, 0.2) is 24.3 Å². The summed E-state index contributed by atoms with van der Waals surface area (Å²) in [6.07, 6.45) is -0.857. The molecule has 0 atom stereocenters. The maximum atomic E-state index is 12.6. The van der Waals surface area contributed by atoms with Crippen LogP contribution in [-0.2, 0) is 6.18 Å². The number of carbonyl (C=O) groups is 1. The van der Waals surface area contributed by atoms with Gasteiger partial charge in [0.1, 0.15) is 0 Å². The van der Waals surface area contributed by atoms with Gasteiger partial charge in [-0.3, -0.25) is 4.79 Å². The lowest BCUT2D eigenvalue weighted by Crippen LogP contribution is -2.41. The third kappa shape index (κ3) is 4.09. The molecule has 0 aliphatic carbocycles. The van der Waals surface area contributed by atoms with E-state index in [2.05, 4.69) is 4.90 Å². The Hall–Kier alpha value is -1.36. The van der Waals surface area contributed by atoms with Crippen LogP contribution in [0.3, 0.4) is 0 Å². The van der Waals surface area contributed by atoms with Crippen molar-refractivity contribution in [3.05, 3.63) is 35.4 Å². The number of halogens is 3. The van der Waals surface area contributed by atoms with Crippen molar-refractivity contribution in [2.75, 3.05) is 19.6 Å². The molecular formula is C17H22F3NO. The first kappa shape index (κ1) is 17.0. The van der Waals surface area contributed by atoms with Crippen molar-refractivity contribution in [1.29, 1.82) is 0 Å². The summed E-state index contributed by atoms with van der Waals surface area (Å²) < 4.78 is 37.7. The van der Waals surface area contributed by atoms with E-state index >= 15 is 0 Å². The van der Waals surface area contributed by atoms with Crippen LogP contribution in [0.1, 0.15) is 49.0 Å². The minimum atomic E-state index is -4.37. The highest BCUT2D eigenvalue weighted by molar-refractivity contribution is 6.00. The van der Waals surface area contributed by atoms with Gasteiger partial charge in [-0.05, 0) is 38.1 Å². The number of rotatable bonds is 4. The molecule has 5 heteroatoms. The van der Waals surface area contributed by atoms with Crippen molar-refractivity contribution in [3.63, 3.8) is 0 Å². The second-order valence-electron chi connectivity index (χ2n) is 6.62. The molecule has 1 aromatic carbocycles. The molecule has 1 saturated heterocycles. The van der Waals surface area contributed by atoms with E-state index in [9.17, 15) is 18.0 Å². The lowest BCUT2D eigenvalue weighted by atomic mass is 9.83. The highest BCUT2D eigenvalue weighted by Crippen LogP contribution is 2.31. The topological polar surface area (TPSA) is 20.3 Å². The number of likely N-dealkylation sites (tertiary alicyclic amines) is 1. The Labute approximate surface area is 129 Å².